The van der Waals surface area contributed by atoms with Gasteiger partial charge in [0.15, 0.2) is 5.65 Å². The van der Waals surface area contributed by atoms with Gasteiger partial charge >= 0.3 is 0 Å². The smallest absolute Gasteiger partial charge is 0.270 e. The second-order valence-corrected chi connectivity index (χ2v) is 6.27. The molecule has 7 nitrogen and oxygen atoms in total. The summed E-state index contributed by atoms with van der Waals surface area (Å²) in [5, 5.41) is 7.30. The Morgan fingerprint density at radius 2 is 2.25 bits per heavy atom. The lowest BCUT2D eigenvalue weighted by atomic mass is 10.2. The number of aromatic nitrogens is 3. The van der Waals surface area contributed by atoms with Gasteiger partial charge in [0.2, 0.25) is 0 Å². The molecular weight excluding hydrogens is 306 g/mol. The number of nitrogens with zero attached hydrogens (tertiary/aromatic N) is 4. The van der Waals surface area contributed by atoms with E-state index < -0.39 is 0 Å². The monoisotopic (exact) mass is 331 g/mol. The maximum Gasteiger partial charge on any atom is 0.270 e. The second-order valence-electron chi connectivity index (χ2n) is 6.27. The van der Waals surface area contributed by atoms with Gasteiger partial charge in [-0.05, 0) is 32.9 Å². The second kappa shape index (κ2) is 7.27. The van der Waals surface area contributed by atoms with Crippen molar-refractivity contribution in [3.63, 3.8) is 0 Å². The van der Waals surface area contributed by atoms with Gasteiger partial charge in [-0.3, -0.25) is 9.69 Å². The number of morpholine rings is 1. The number of ether oxygens (including phenoxy) is 1. The summed E-state index contributed by atoms with van der Waals surface area (Å²) in [6.45, 7) is 10.3. The van der Waals surface area contributed by atoms with Crippen molar-refractivity contribution in [3.05, 3.63) is 29.2 Å². The van der Waals surface area contributed by atoms with Gasteiger partial charge in [0.25, 0.3) is 5.91 Å². The number of carbonyl (C=O) groups is 1. The summed E-state index contributed by atoms with van der Waals surface area (Å²) in [6, 6.07) is 3.64. The van der Waals surface area contributed by atoms with E-state index in [1.54, 1.807) is 10.6 Å². The van der Waals surface area contributed by atoms with Crippen molar-refractivity contribution >= 4 is 11.6 Å². The molecule has 0 aliphatic carbocycles. The number of aryl methyl sites for hydroxylation is 2. The molecular formula is C17H25N5O2. The van der Waals surface area contributed by atoms with E-state index >= 15 is 0 Å². The number of nitrogens with one attached hydrogen (secondary N) is 1. The molecule has 3 rings (SSSR count). The van der Waals surface area contributed by atoms with Gasteiger partial charge in [0, 0.05) is 31.4 Å². The highest BCUT2D eigenvalue weighted by molar-refractivity contribution is 5.92. The summed E-state index contributed by atoms with van der Waals surface area (Å²) in [5.41, 5.74) is 2.91. The highest BCUT2D eigenvalue weighted by Crippen LogP contribution is 2.10. The quantitative estimate of drug-likeness (QED) is 0.891. The molecule has 1 aliphatic heterocycles. The third-order valence-electron chi connectivity index (χ3n) is 4.38. The lowest BCUT2D eigenvalue weighted by Crippen LogP contribution is -2.43. The van der Waals surface area contributed by atoms with Crippen molar-refractivity contribution in [1.82, 2.24) is 24.8 Å². The average molecular weight is 331 g/mol. The Kier molecular flexibility index (Phi) is 5.11. The van der Waals surface area contributed by atoms with E-state index in [1.165, 1.54) is 0 Å². The van der Waals surface area contributed by atoms with Crippen LogP contribution in [0.4, 0.5) is 0 Å². The Hall–Kier alpha value is -1.99. The van der Waals surface area contributed by atoms with E-state index in [9.17, 15) is 4.79 Å². The van der Waals surface area contributed by atoms with Crippen molar-refractivity contribution in [1.29, 1.82) is 0 Å². The number of hydrogen-bond acceptors (Lipinski definition) is 5. The number of fused-ring (bicyclic) bond motifs is 1. The zero-order chi connectivity index (χ0) is 17.1. The SMILES string of the molecule is CCN1CCOC(CCNC(=O)c2cc(C)n3nc(C)cc3n2)C1. The Labute approximate surface area is 142 Å². The van der Waals surface area contributed by atoms with E-state index in [0.717, 1.165) is 44.0 Å². The molecule has 24 heavy (non-hydrogen) atoms. The predicted molar refractivity (Wildman–Crippen MR) is 91.3 cm³/mol. The highest BCUT2D eigenvalue weighted by Gasteiger charge is 2.19. The van der Waals surface area contributed by atoms with Crippen LogP contribution < -0.4 is 5.32 Å². The molecule has 1 unspecified atom stereocenters. The molecule has 0 spiro atoms. The molecule has 1 saturated heterocycles. The van der Waals surface area contributed by atoms with Crippen LogP contribution in [0.3, 0.4) is 0 Å². The van der Waals surface area contributed by atoms with E-state index in [0.29, 0.717) is 17.9 Å². The zero-order valence-corrected chi connectivity index (χ0v) is 14.6. The van der Waals surface area contributed by atoms with Crippen LogP contribution in [0.5, 0.6) is 0 Å². The molecule has 0 aromatic carbocycles. The Morgan fingerprint density at radius 3 is 3.04 bits per heavy atom. The summed E-state index contributed by atoms with van der Waals surface area (Å²) < 4.78 is 7.51. The lowest BCUT2D eigenvalue weighted by molar-refractivity contribution is -0.0296. The predicted octanol–water partition coefficient (Wildman–Crippen LogP) is 1.19. The van der Waals surface area contributed by atoms with Gasteiger partial charge in [0.05, 0.1) is 18.4 Å². The van der Waals surface area contributed by atoms with Gasteiger partial charge in [0.1, 0.15) is 5.69 Å². The summed E-state index contributed by atoms with van der Waals surface area (Å²) in [4.78, 5) is 19.1. The number of rotatable bonds is 5. The maximum absolute atomic E-state index is 12.4. The third kappa shape index (κ3) is 3.73. The van der Waals surface area contributed by atoms with Crippen LogP contribution >= 0.6 is 0 Å². The standard InChI is InChI=1S/C17H25N5O2/c1-4-21-7-8-24-14(11-21)5-6-18-17(23)15-10-13(3)22-16(19-15)9-12(2)20-22/h9-10,14H,4-8,11H2,1-3H3,(H,18,23). The minimum atomic E-state index is -0.150. The fourth-order valence-corrected chi connectivity index (χ4v) is 3.04. The minimum absolute atomic E-state index is 0.150. The van der Waals surface area contributed by atoms with Crippen molar-refractivity contribution in [2.75, 3.05) is 32.8 Å². The molecule has 2 aromatic rings. The van der Waals surface area contributed by atoms with Gasteiger partial charge in [-0.1, -0.05) is 6.92 Å². The zero-order valence-electron chi connectivity index (χ0n) is 14.6. The first-order chi connectivity index (χ1) is 11.6. The highest BCUT2D eigenvalue weighted by atomic mass is 16.5. The third-order valence-corrected chi connectivity index (χ3v) is 4.38. The molecule has 7 heteroatoms. The Bertz CT molecular complexity index is 727. The lowest BCUT2D eigenvalue weighted by Gasteiger charge is -2.32. The first-order valence-corrected chi connectivity index (χ1v) is 8.53. The van der Waals surface area contributed by atoms with E-state index in [2.05, 4.69) is 27.2 Å². The topological polar surface area (TPSA) is 71.8 Å². The molecule has 2 aromatic heterocycles. The number of carbonyl (C=O) groups excluding carboxylic acids is 1. The largest absolute Gasteiger partial charge is 0.375 e. The van der Waals surface area contributed by atoms with Crippen molar-refractivity contribution in [2.24, 2.45) is 0 Å². The van der Waals surface area contributed by atoms with Crippen LogP contribution in [0, 0.1) is 13.8 Å². The average Bonchev–Trinajstić information content (AvgIpc) is 2.96. The number of likely N-dealkylation sites (N-methyl/N-ethyl adjacent to an activating group) is 1. The number of hydrogen-bond donors (Lipinski definition) is 1. The molecule has 0 saturated carbocycles. The van der Waals surface area contributed by atoms with Crippen molar-refractivity contribution in [3.8, 4) is 0 Å². The molecule has 1 aliphatic rings. The fourth-order valence-electron chi connectivity index (χ4n) is 3.04. The Morgan fingerprint density at radius 1 is 1.42 bits per heavy atom. The maximum atomic E-state index is 12.4. The Balaban J connectivity index is 1.57. The van der Waals surface area contributed by atoms with E-state index in [4.69, 9.17) is 4.74 Å². The van der Waals surface area contributed by atoms with Crippen molar-refractivity contribution < 1.29 is 9.53 Å². The summed E-state index contributed by atoms with van der Waals surface area (Å²) in [7, 11) is 0. The molecule has 0 bridgehead atoms. The molecule has 1 atom stereocenters. The summed E-state index contributed by atoms with van der Waals surface area (Å²) >= 11 is 0. The van der Waals surface area contributed by atoms with E-state index in [1.807, 2.05) is 19.9 Å². The van der Waals surface area contributed by atoms with Crippen LogP contribution in [0.1, 0.15) is 35.2 Å². The van der Waals surface area contributed by atoms with Crippen molar-refractivity contribution in [2.45, 2.75) is 33.3 Å². The summed E-state index contributed by atoms with van der Waals surface area (Å²) in [6.07, 6.45) is 1.00. The first-order valence-electron chi connectivity index (χ1n) is 8.53. The van der Waals surface area contributed by atoms with Crippen LogP contribution in [0.15, 0.2) is 12.1 Å². The normalized spacial score (nSPS) is 18.9. The van der Waals surface area contributed by atoms with Crippen LogP contribution in [-0.4, -0.2) is 64.3 Å². The molecule has 1 N–H and O–H groups in total. The van der Waals surface area contributed by atoms with Gasteiger partial charge in [-0.15, -0.1) is 0 Å². The van der Waals surface area contributed by atoms with Gasteiger partial charge < -0.3 is 10.1 Å². The van der Waals surface area contributed by atoms with Crippen LogP contribution in [-0.2, 0) is 4.74 Å². The summed E-state index contributed by atoms with van der Waals surface area (Å²) in [5.74, 6) is -0.150. The molecule has 3 heterocycles. The van der Waals surface area contributed by atoms with Crippen LogP contribution in [0.2, 0.25) is 0 Å². The number of amides is 1. The van der Waals surface area contributed by atoms with Gasteiger partial charge in [-0.2, -0.15) is 5.10 Å². The molecule has 0 radical (unpaired) electrons. The molecule has 130 valence electrons. The molecule has 1 amide bonds. The van der Waals surface area contributed by atoms with E-state index in [-0.39, 0.29) is 12.0 Å². The fraction of sp³-hybridized carbons (Fsp3) is 0.588. The van der Waals surface area contributed by atoms with Gasteiger partial charge in [-0.25, -0.2) is 9.50 Å². The van der Waals surface area contributed by atoms with Crippen LogP contribution in [0.25, 0.3) is 5.65 Å². The molecule has 1 fully saturated rings. The minimum Gasteiger partial charge on any atom is -0.375 e. The first kappa shape index (κ1) is 16.9.